The first-order valence-corrected chi connectivity index (χ1v) is 7.92. The van der Waals surface area contributed by atoms with E-state index in [-0.39, 0.29) is 18.2 Å². The third-order valence-electron chi connectivity index (χ3n) is 4.00. The molecule has 0 aliphatic heterocycles. The normalized spacial score (nSPS) is 21.0. The van der Waals surface area contributed by atoms with Crippen molar-refractivity contribution in [2.75, 3.05) is 0 Å². The molecule has 23 heavy (non-hydrogen) atoms. The maximum absolute atomic E-state index is 12.6. The quantitative estimate of drug-likeness (QED) is 0.945. The minimum atomic E-state index is -0.545. The van der Waals surface area contributed by atoms with Crippen LogP contribution in [0.1, 0.15) is 39.2 Å². The number of nitrogens with zero attached hydrogens (tertiary/aromatic N) is 3. The zero-order valence-electron chi connectivity index (χ0n) is 13.8. The van der Waals surface area contributed by atoms with Crippen LogP contribution >= 0.6 is 0 Å². The van der Waals surface area contributed by atoms with Crippen LogP contribution in [0.4, 0.5) is 4.79 Å². The van der Waals surface area contributed by atoms with Gasteiger partial charge in [0.15, 0.2) is 0 Å². The van der Waals surface area contributed by atoms with Gasteiger partial charge in [0.1, 0.15) is 11.2 Å². The minimum Gasteiger partial charge on any atom is -0.444 e. The number of amides is 1. The molecule has 0 saturated heterocycles. The molecule has 1 saturated carbocycles. The molecule has 124 valence electrons. The Kier molecular flexibility index (Phi) is 4.02. The Labute approximate surface area is 135 Å². The Morgan fingerprint density at radius 3 is 2.83 bits per heavy atom. The van der Waals surface area contributed by atoms with E-state index in [0.717, 1.165) is 11.2 Å². The second-order valence-electron chi connectivity index (χ2n) is 7.08. The van der Waals surface area contributed by atoms with Gasteiger partial charge in [0.05, 0.1) is 12.6 Å². The molecular weight excluding hydrogens is 294 g/mol. The van der Waals surface area contributed by atoms with Gasteiger partial charge in [-0.15, -0.1) is 0 Å². The Hall–Kier alpha value is -2.08. The molecule has 0 aromatic carbocycles. The highest BCUT2D eigenvalue weighted by molar-refractivity contribution is 5.69. The predicted molar refractivity (Wildman–Crippen MR) is 86.0 cm³/mol. The highest BCUT2D eigenvalue weighted by Gasteiger charge is 2.37. The molecule has 1 amide bonds. The molecule has 0 radical (unpaired) electrons. The standard InChI is InChI=1S/C17H23N3O3/c1-17(2,3)23-16(22)20(13-9-14(21)10-13)11-12-5-4-7-19-8-6-18-15(12)19/h4-8,13-14,21H,9-11H2,1-3H3/t13-,14-. The first kappa shape index (κ1) is 15.8. The number of hydrogen-bond donors (Lipinski definition) is 1. The SMILES string of the molecule is CC(C)(C)OC(=O)N(Cc1cccn2ccnc12)[C@H]1C[C@H](O)C1. The van der Waals surface area contributed by atoms with Crippen LogP contribution in [-0.4, -0.2) is 43.2 Å². The fourth-order valence-corrected chi connectivity index (χ4v) is 2.79. The van der Waals surface area contributed by atoms with E-state index in [1.165, 1.54) is 0 Å². The Morgan fingerprint density at radius 1 is 1.43 bits per heavy atom. The molecule has 1 aliphatic rings. The molecule has 3 rings (SSSR count). The van der Waals surface area contributed by atoms with E-state index >= 15 is 0 Å². The zero-order valence-corrected chi connectivity index (χ0v) is 13.8. The van der Waals surface area contributed by atoms with E-state index in [2.05, 4.69) is 4.98 Å². The number of pyridine rings is 1. The zero-order chi connectivity index (χ0) is 16.6. The number of aromatic nitrogens is 2. The number of carbonyl (C=O) groups is 1. The lowest BCUT2D eigenvalue weighted by molar-refractivity contribution is -0.0268. The number of imidazole rings is 1. The van der Waals surface area contributed by atoms with Crippen molar-refractivity contribution in [1.29, 1.82) is 0 Å². The van der Waals surface area contributed by atoms with Gasteiger partial charge in [0.25, 0.3) is 0 Å². The van der Waals surface area contributed by atoms with Crippen LogP contribution in [-0.2, 0) is 11.3 Å². The van der Waals surface area contributed by atoms with Gasteiger partial charge in [-0.1, -0.05) is 6.07 Å². The molecule has 2 aromatic heterocycles. The van der Waals surface area contributed by atoms with E-state index in [9.17, 15) is 9.90 Å². The van der Waals surface area contributed by atoms with Crippen molar-refractivity contribution in [3.8, 4) is 0 Å². The molecule has 6 nitrogen and oxygen atoms in total. The number of hydrogen-bond acceptors (Lipinski definition) is 4. The van der Waals surface area contributed by atoms with Crippen LogP contribution in [0.5, 0.6) is 0 Å². The van der Waals surface area contributed by atoms with E-state index in [0.29, 0.717) is 19.4 Å². The summed E-state index contributed by atoms with van der Waals surface area (Å²) in [6, 6.07) is 3.91. The summed E-state index contributed by atoms with van der Waals surface area (Å²) >= 11 is 0. The van der Waals surface area contributed by atoms with Crippen molar-refractivity contribution >= 4 is 11.7 Å². The molecule has 1 fully saturated rings. The van der Waals surface area contributed by atoms with Crippen molar-refractivity contribution in [1.82, 2.24) is 14.3 Å². The van der Waals surface area contributed by atoms with Gasteiger partial charge in [0, 0.05) is 30.2 Å². The summed E-state index contributed by atoms with van der Waals surface area (Å²) in [4.78, 5) is 18.6. The second-order valence-corrected chi connectivity index (χ2v) is 7.08. The summed E-state index contributed by atoms with van der Waals surface area (Å²) in [5, 5.41) is 9.59. The fraction of sp³-hybridized carbons (Fsp3) is 0.529. The number of aliphatic hydroxyl groups is 1. The van der Waals surface area contributed by atoms with Gasteiger partial charge in [0.2, 0.25) is 0 Å². The highest BCUT2D eigenvalue weighted by atomic mass is 16.6. The van der Waals surface area contributed by atoms with Crippen molar-refractivity contribution in [2.24, 2.45) is 0 Å². The number of rotatable bonds is 3. The van der Waals surface area contributed by atoms with Gasteiger partial charge >= 0.3 is 6.09 Å². The van der Waals surface area contributed by atoms with Crippen molar-refractivity contribution in [2.45, 2.75) is 57.9 Å². The van der Waals surface area contributed by atoms with Crippen molar-refractivity contribution in [3.05, 3.63) is 36.3 Å². The summed E-state index contributed by atoms with van der Waals surface area (Å²) in [6.45, 7) is 5.99. The minimum absolute atomic E-state index is 0.00932. The Bertz CT molecular complexity index is 698. The summed E-state index contributed by atoms with van der Waals surface area (Å²) in [5.41, 5.74) is 1.25. The molecular formula is C17H23N3O3. The number of fused-ring (bicyclic) bond motifs is 1. The molecule has 2 heterocycles. The van der Waals surface area contributed by atoms with E-state index < -0.39 is 5.60 Å². The maximum atomic E-state index is 12.6. The van der Waals surface area contributed by atoms with Crippen molar-refractivity contribution < 1.29 is 14.6 Å². The Morgan fingerprint density at radius 2 is 2.17 bits per heavy atom. The highest BCUT2D eigenvalue weighted by Crippen LogP contribution is 2.29. The topological polar surface area (TPSA) is 67.1 Å². The van der Waals surface area contributed by atoms with Gasteiger partial charge in [-0.05, 0) is 39.7 Å². The summed E-state index contributed by atoms with van der Waals surface area (Å²) in [5.74, 6) is 0. The number of carbonyl (C=O) groups excluding carboxylic acids is 1. The molecule has 2 aromatic rings. The van der Waals surface area contributed by atoms with Crippen LogP contribution in [0.25, 0.3) is 5.65 Å². The third kappa shape index (κ3) is 3.47. The second kappa shape index (κ2) is 5.85. The van der Waals surface area contributed by atoms with Crippen LogP contribution in [0.2, 0.25) is 0 Å². The Balaban J connectivity index is 1.83. The first-order valence-electron chi connectivity index (χ1n) is 7.92. The predicted octanol–water partition coefficient (Wildman–Crippen LogP) is 2.59. The third-order valence-corrected chi connectivity index (χ3v) is 4.00. The van der Waals surface area contributed by atoms with E-state index in [1.54, 1.807) is 11.1 Å². The van der Waals surface area contributed by atoms with Gasteiger partial charge in [-0.3, -0.25) is 0 Å². The lowest BCUT2D eigenvalue weighted by atomic mass is 9.88. The molecule has 0 spiro atoms. The van der Waals surface area contributed by atoms with Gasteiger partial charge in [-0.25, -0.2) is 9.78 Å². The molecule has 0 bridgehead atoms. The molecule has 6 heteroatoms. The smallest absolute Gasteiger partial charge is 0.410 e. The molecule has 1 N–H and O–H groups in total. The average Bonchev–Trinajstić information content (AvgIpc) is 2.88. The van der Waals surface area contributed by atoms with Crippen LogP contribution < -0.4 is 0 Å². The van der Waals surface area contributed by atoms with Crippen LogP contribution in [0.3, 0.4) is 0 Å². The summed E-state index contributed by atoms with van der Waals surface area (Å²) < 4.78 is 7.46. The molecule has 0 atom stereocenters. The molecule has 0 unspecified atom stereocenters. The number of aliphatic hydroxyl groups excluding tert-OH is 1. The average molecular weight is 317 g/mol. The van der Waals surface area contributed by atoms with Crippen molar-refractivity contribution in [3.63, 3.8) is 0 Å². The largest absolute Gasteiger partial charge is 0.444 e. The number of ether oxygens (including phenoxy) is 1. The summed E-state index contributed by atoms with van der Waals surface area (Å²) in [6.07, 6.45) is 6.06. The van der Waals surface area contributed by atoms with Gasteiger partial charge in [-0.2, -0.15) is 0 Å². The van der Waals surface area contributed by atoms with Crippen LogP contribution in [0, 0.1) is 0 Å². The van der Waals surface area contributed by atoms with Crippen LogP contribution in [0.15, 0.2) is 30.7 Å². The summed E-state index contributed by atoms with van der Waals surface area (Å²) in [7, 11) is 0. The maximum Gasteiger partial charge on any atom is 0.410 e. The fourth-order valence-electron chi connectivity index (χ4n) is 2.79. The monoisotopic (exact) mass is 317 g/mol. The first-order chi connectivity index (χ1) is 10.8. The lowest BCUT2D eigenvalue weighted by Gasteiger charge is -2.41. The van der Waals surface area contributed by atoms with E-state index in [4.69, 9.17) is 4.74 Å². The van der Waals surface area contributed by atoms with E-state index in [1.807, 2.05) is 49.7 Å². The van der Waals surface area contributed by atoms with Gasteiger partial charge < -0.3 is 19.1 Å². The lowest BCUT2D eigenvalue weighted by Crippen LogP contribution is -2.50. The molecule has 1 aliphatic carbocycles.